The molecule has 312 valence electrons. The Balaban J connectivity index is 1.09. The molecule has 3 saturated heterocycles. The summed E-state index contributed by atoms with van der Waals surface area (Å²) in [5.41, 5.74) is -0.0740. The maximum absolute atomic E-state index is 12.7. The molecule has 0 bridgehead atoms. The second-order valence-electron chi connectivity index (χ2n) is 16.1. The number of rotatable bonds is 27. The first-order valence-corrected chi connectivity index (χ1v) is 20.7. The summed E-state index contributed by atoms with van der Waals surface area (Å²) in [6.45, 7) is 3.97. The molecule has 11 atom stereocenters. The van der Waals surface area contributed by atoms with E-state index < -0.39 is 67.6 Å². The number of unbranched alkanes of at least 4 members (excludes halogenated alkanes) is 9. The second-order valence-corrected chi connectivity index (χ2v) is 16.1. The van der Waals surface area contributed by atoms with Crippen LogP contribution in [0.4, 0.5) is 0 Å². The normalized spacial score (nSPS) is 29.2. The van der Waals surface area contributed by atoms with E-state index in [1.165, 1.54) is 37.0 Å². The fraction of sp³-hybridized carbons (Fsp3) is 0.854. The van der Waals surface area contributed by atoms with Crippen LogP contribution in [-0.4, -0.2) is 132 Å². The summed E-state index contributed by atoms with van der Waals surface area (Å²) in [5, 5.41) is 80.0. The van der Waals surface area contributed by atoms with Crippen LogP contribution in [0.15, 0.2) is 23.5 Å². The van der Waals surface area contributed by atoms with Crippen LogP contribution in [0.25, 0.3) is 0 Å². The Bertz CT molecular complexity index is 1140. The van der Waals surface area contributed by atoms with Gasteiger partial charge in [0.05, 0.1) is 31.0 Å². The Kier molecular flexibility index (Phi) is 21.2. The first-order valence-electron chi connectivity index (χ1n) is 20.7. The van der Waals surface area contributed by atoms with Gasteiger partial charge in [0.1, 0.15) is 35.7 Å². The van der Waals surface area contributed by atoms with Crippen molar-refractivity contribution in [3.63, 3.8) is 0 Å². The highest BCUT2D eigenvalue weighted by Crippen LogP contribution is 2.34. The minimum absolute atomic E-state index is 0.0740. The molecule has 0 aromatic rings. The van der Waals surface area contributed by atoms with Crippen molar-refractivity contribution < 1.29 is 59.9 Å². The van der Waals surface area contributed by atoms with E-state index in [4.69, 9.17) is 9.47 Å². The lowest BCUT2D eigenvalue weighted by atomic mass is 9.89. The molecule has 0 radical (unpaired) electrons. The third kappa shape index (κ3) is 14.9. The van der Waals surface area contributed by atoms with Gasteiger partial charge in [-0.05, 0) is 63.7 Å². The van der Waals surface area contributed by atoms with Crippen LogP contribution < -0.4 is 0 Å². The van der Waals surface area contributed by atoms with Gasteiger partial charge in [0, 0.05) is 25.5 Å². The highest BCUT2D eigenvalue weighted by molar-refractivity contribution is 6.27. The van der Waals surface area contributed by atoms with E-state index in [1.54, 1.807) is 0 Å². The number of Topliss-reactive ketones (excluding diaryl/α,β-unsaturated/α-hetero) is 1. The van der Waals surface area contributed by atoms with Crippen molar-refractivity contribution in [2.75, 3.05) is 19.8 Å². The number of carbonyl (C=O) groups is 2. The summed E-state index contributed by atoms with van der Waals surface area (Å²) >= 11 is 0. The zero-order valence-corrected chi connectivity index (χ0v) is 32.7. The summed E-state index contributed by atoms with van der Waals surface area (Å²) in [6, 6.07) is -0.625. The molecule has 1 amide bonds. The lowest BCUT2D eigenvalue weighted by molar-refractivity contribution is -0.301. The monoisotopic (exact) mass is 769 g/mol. The van der Waals surface area contributed by atoms with Crippen molar-refractivity contribution >= 4 is 11.7 Å². The molecule has 3 heterocycles. The number of fused-ring (bicyclic) bond motifs is 1. The maximum atomic E-state index is 12.7. The summed E-state index contributed by atoms with van der Waals surface area (Å²) in [6.07, 6.45) is 13.2. The number of ketones is 1. The van der Waals surface area contributed by atoms with E-state index in [2.05, 4.69) is 19.1 Å². The maximum Gasteiger partial charge on any atom is 0.261 e. The topological polar surface area (TPSA) is 218 Å². The summed E-state index contributed by atoms with van der Waals surface area (Å²) < 4.78 is 10.8. The number of hydrogen-bond acceptors (Lipinski definition) is 12. The van der Waals surface area contributed by atoms with Crippen LogP contribution in [0.2, 0.25) is 0 Å². The van der Waals surface area contributed by atoms with Crippen molar-refractivity contribution in [1.29, 1.82) is 0 Å². The minimum atomic E-state index is -1.45. The van der Waals surface area contributed by atoms with Gasteiger partial charge in [-0.1, -0.05) is 83.8 Å². The van der Waals surface area contributed by atoms with Gasteiger partial charge in [0.2, 0.25) is 0 Å². The summed E-state index contributed by atoms with van der Waals surface area (Å²) in [5.74, 6) is -0.769. The fourth-order valence-electron chi connectivity index (χ4n) is 7.94. The Hall–Kier alpha value is -1.94. The van der Waals surface area contributed by atoms with E-state index in [0.717, 1.165) is 51.4 Å². The molecule has 54 heavy (non-hydrogen) atoms. The first-order chi connectivity index (χ1) is 25.8. The van der Waals surface area contributed by atoms with Crippen LogP contribution in [0.1, 0.15) is 136 Å². The molecule has 3 aliphatic heterocycles. The van der Waals surface area contributed by atoms with Crippen molar-refractivity contribution in [3.8, 4) is 0 Å². The molecule has 0 spiro atoms. The van der Waals surface area contributed by atoms with E-state index in [-0.39, 0.29) is 42.6 Å². The van der Waals surface area contributed by atoms with Crippen LogP contribution >= 0.6 is 0 Å². The molecule has 13 heteroatoms. The molecule has 11 unspecified atom stereocenters. The van der Waals surface area contributed by atoms with Gasteiger partial charge >= 0.3 is 0 Å². The van der Waals surface area contributed by atoms with Gasteiger partial charge in [0.25, 0.3) is 5.91 Å². The van der Waals surface area contributed by atoms with E-state index in [1.807, 2.05) is 6.92 Å². The number of amides is 1. The van der Waals surface area contributed by atoms with E-state index in [9.17, 15) is 50.4 Å². The standard InChI is InChI=1S/C41H71NO12/c1-27(23-28(2)35(47)34-36(48)32-24-31(46)25-42(32)40(34)52)17-12-9-7-5-3-4-6-8-10-13-18-29(44)20-16-21-30(45)19-14-11-15-22-53-41-39(51)38(50)37(49)33(26-43)54-41/h10,13,27-33,37-39,41,43-47,49-51H,3-9,11-12,14-26H2,1-2H3. The first kappa shape index (κ1) is 46.4. The van der Waals surface area contributed by atoms with Gasteiger partial charge in [-0.15, -0.1) is 0 Å². The molecule has 0 aliphatic carbocycles. The number of allylic oxidation sites excluding steroid dienone is 2. The van der Waals surface area contributed by atoms with Gasteiger partial charge < -0.3 is 55.2 Å². The third-order valence-corrected chi connectivity index (χ3v) is 11.3. The lowest BCUT2D eigenvalue weighted by Crippen LogP contribution is -2.59. The Morgan fingerprint density at radius 2 is 1.44 bits per heavy atom. The summed E-state index contributed by atoms with van der Waals surface area (Å²) in [7, 11) is 0. The quantitative estimate of drug-likeness (QED) is 0.0197. The largest absolute Gasteiger partial charge is 0.511 e. The highest BCUT2D eigenvalue weighted by atomic mass is 16.7. The number of carbonyl (C=O) groups excluding carboxylic acids is 2. The Morgan fingerprint density at radius 3 is 2.15 bits per heavy atom. The Morgan fingerprint density at radius 1 is 0.815 bits per heavy atom. The average molecular weight is 770 g/mol. The minimum Gasteiger partial charge on any atom is -0.511 e. The zero-order chi connectivity index (χ0) is 39.6. The fourth-order valence-corrected chi connectivity index (χ4v) is 7.94. The summed E-state index contributed by atoms with van der Waals surface area (Å²) in [4.78, 5) is 26.8. The molecule has 3 aliphatic rings. The van der Waals surface area contributed by atoms with Gasteiger partial charge in [-0.25, -0.2) is 0 Å². The number of aliphatic hydroxyl groups is 8. The molecule has 3 rings (SSSR count). The van der Waals surface area contributed by atoms with Crippen molar-refractivity contribution in [2.45, 2.75) is 191 Å². The molecule has 0 aromatic heterocycles. The predicted molar refractivity (Wildman–Crippen MR) is 203 cm³/mol. The predicted octanol–water partition coefficient (Wildman–Crippen LogP) is 3.73. The van der Waals surface area contributed by atoms with Crippen molar-refractivity contribution in [2.24, 2.45) is 11.8 Å². The molecule has 13 nitrogen and oxygen atoms in total. The van der Waals surface area contributed by atoms with E-state index in [0.29, 0.717) is 38.0 Å². The number of nitrogens with zero attached hydrogens (tertiary/aromatic N) is 1. The van der Waals surface area contributed by atoms with Crippen LogP contribution in [-0.2, 0) is 19.1 Å². The lowest BCUT2D eigenvalue weighted by Gasteiger charge is -2.39. The van der Waals surface area contributed by atoms with Crippen LogP contribution in [0, 0.1) is 11.8 Å². The Labute approximate surface area is 322 Å². The molecule has 0 saturated carbocycles. The molecular formula is C41H71NO12. The highest BCUT2D eigenvalue weighted by Gasteiger charge is 2.50. The van der Waals surface area contributed by atoms with Crippen molar-refractivity contribution in [1.82, 2.24) is 4.90 Å². The number of ether oxygens (including phenoxy) is 2. The number of aliphatic hydroxyl groups excluding tert-OH is 8. The van der Waals surface area contributed by atoms with Crippen LogP contribution in [0.3, 0.4) is 0 Å². The SMILES string of the molecule is CC(CCCCCCCCCC=CCC(O)CCCC(O)CCCCCOC1OC(CO)C(O)C(O)C1O)CC(C)C(O)=C1C(=O)C2CC(O)CN2C1=O. The molecular weight excluding hydrogens is 698 g/mol. The van der Waals surface area contributed by atoms with Gasteiger partial charge in [-0.2, -0.15) is 0 Å². The smallest absolute Gasteiger partial charge is 0.261 e. The molecule has 0 aromatic carbocycles. The van der Waals surface area contributed by atoms with E-state index >= 15 is 0 Å². The zero-order valence-electron chi connectivity index (χ0n) is 32.7. The van der Waals surface area contributed by atoms with Gasteiger partial charge in [-0.3, -0.25) is 9.59 Å². The van der Waals surface area contributed by atoms with Crippen LogP contribution in [0.5, 0.6) is 0 Å². The third-order valence-electron chi connectivity index (χ3n) is 11.3. The van der Waals surface area contributed by atoms with Gasteiger partial charge in [0.15, 0.2) is 12.1 Å². The average Bonchev–Trinajstić information content (AvgIpc) is 3.64. The molecule has 8 N–H and O–H groups in total. The second kappa shape index (κ2) is 24.6. The van der Waals surface area contributed by atoms with Crippen molar-refractivity contribution in [3.05, 3.63) is 23.5 Å². The molecule has 3 fully saturated rings. The number of hydrogen-bond donors (Lipinski definition) is 8.